The Balaban J connectivity index is 1.40. The third kappa shape index (κ3) is 5.94. The zero-order valence-electron chi connectivity index (χ0n) is 12.3. The quantitative estimate of drug-likeness (QED) is 0.663. The number of hydrogen-bond donors (Lipinski definition) is 2. The van der Waals surface area contributed by atoms with Crippen molar-refractivity contribution < 1.29 is 4.79 Å². The van der Waals surface area contributed by atoms with Gasteiger partial charge in [-0.3, -0.25) is 4.79 Å². The predicted molar refractivity (Wildman–Crippen MR) is 79.0 cm³/mol. The summed E-state index contributed by atoms with van der Waals surface area (Å²) in [7, 11) is 0. The van der Waals surface area contributed by atoms with Crippen LogP contribution in [0.2, 0.25) is 0 Å². The molecule has 2 rings (SSSR count). The van der Waals surface area contributed by atoms with E-state index in [0.717, 1.165) is 50.7 Å². The fourth-order valence-corrected chi connectivity index (χ4v) is 3.47. The second-order valence-electron chi connectivity index (χ2n) is 6.39. The molecule has 19 heavy (non-hydrogen) atoms. The molecule has 110 valence electrons. The van der Waals surface area contributed by atoms with Crippen LogP contribution in [0.1, 0.15) is 64.2 Å². The molecule has 2 aliphatic rings. The number of hydrogen-bond acceptors (Lipinski definition) is 2. The van der Waals surface area contributed by atoms with Crippen LogP contribution in [0.3, 0.4) is 0 Å². The van der Waals surface area contributed by atoms with Crippen molar-refractivity contribution in [2.45, 2.75) is 64.2 Å². The molecular formula is C16H30N2O. The number of amides is 1. The van der Waals surface area contributed by atoms with Gasteiger partial charge in [-0.25, -0.2) is 0 Å². The highest BCUT2D eigenvalue weighted by Crippen LogP contribution is 2.28. The zero-order valence-corrected chi connectivity index (χ0v) is 12.3. The van der Waals surface area contributed by atoms with Gasteiger partial charge in [-0.2, -0.15) is 0 Å². The first-order valence-electron chi connectivity index (χ1n) is 8.32. The molecule has 1 unspecified atom stereocenters. The van der Waals surface area contributed by atoms with Crippen molar-refractivity contribution >= 4 is 5.91 Å². The van der Waals surface area contributed by atoms with Crippen LogP contribution in [0.5, 0.6) is 0 Å². The summed E-state index contributed by atoms with van der Waals surface area (Å²) in [6.07, 6.45) is 12.6. The smallest absolute Gasteiger partial charge is 0.220 e. The second kappa shape index (κ2) is 8.57. The molecule has 1 amide bonds. The fourth-order valence-electron chi connectivity index (χ4n) is 3.47. The molecular weight excluding hydrogens is 236 g/mol. The third-order valence-corrected chi connectivity index (χ3v) is 4.78. The van der Waals surface area contributed by atoms with Gasteiger partial charge in [-0.05, 0) is 44.2 Å². The summed E-state index contributed by atoms with van der Waals surface area (Å²) >= 11 is 0. The van der Waals surface area contributed by atoms with Crippen LogP contribution in [0.15, 0.2) is 0 Å². The minimum absolute atomic E-state index is 0.257. The molecule has 2 N–H and O–H groups in total. The summed E-state index contributed by atoms with van der Waals surface area (Å²) in [5, 5.41) is 6.42. The van der Waals surface area contributed by atoms with Crippen LogP contribution in [0.25, 0.3) is 0 Å². The number of carbonyl (C=O) groups is 1. The lowest BCUT2D eigenvalue weighted by molar-refractivity contribution is -0.121. The van der Waals surface area contributed by atoms with Crippen LogP contribution < -0.4 is 10.6 Å². The van der Waals surface area contributed by atoms with E-state index >= 15 is 0 Å². The fraction of sp³-hybridized carbons (Fsp3) is 0.938. The maximum atomic E-state index is 11.7. The number of carbonyl (C=O) groups excluding carboxylic acids is 1. The monoisotopic (exact) mass is 266 g/mol. The van der Waals surface area contributed by atoms with E-state index in [0.29, 0.717) is 0 Å². The molecule has 3 heteroatoms. The molecule has 1 atom stereocenters. The average molecular weight is 266 g/mol. The van der Waals surface area contributed by atoms with Gasteiger partial charge >= 0.3 is 0 Å². The number of unbranched alkanes of at least 4 members (excludes halogenated alkanes) is 1. The largest absolute Gasteiger partial charge is 0.356 e. The Morgan fingerprint density at radius 1 is 1.05 bits per heavy atom. The molecule has 0 aromatic rings. The minimum atomic E-state index is 0.257. The van der Waals surface area contributed by atoms with E-state index in [9.17, 15) is 4.79 Å². The molecule has 0 aromatic carbocycles. The second-order valence-corrected chi connectivity index (χ2v) is 6.39. The summed E-state index contributed by atoms with van der Waals surface area (Å²) < 4.78 is 0. The first-order valence-corrected chi connectivity index (χ1v) is 8.32. The lowest BCUT2D eigenvalue weighted by Gasteiger charge is -2.10. The Kier molecular flexibility index (Phi) is 6.69. The van der Waals surface area contributed by atoms with Gasteiger partial charge in [0.25, 0.3) is 0 Å². The van der Waals surface area contributed by atoms with Crippen molar-refractivity contribution in [1.82, 2.24) is 10.6 Å². The Morgan fingerprint density at radius 3 is 2.63 bits per heavy atom. The van der Waals surface area contributed by atoms with Gasteiger partial charge in [0.15, 0.2) is 0 Å². The van der Waals surface area contributed by atoms with E-state index in [1.165, 1.54) is 44.9 Å². The van der Waals surface area contributed by atoms with Gasteiger partial charge in [-0.1, -0.05) is 38.5 Å². The summed E-state index contributed by atoms with van der Waals surface area (Å²) in [5.74, 6) is 1.98. The van der Waals surface area contributed by atoms with Crippen LogP contribution >= 0.6 is 0 Å². The highest BCUT2D eigenvalue weighted by Gasteiger charge is 2.16. The zero-order chi connectivity index (χ0) is 13.3. The van der Waals surface area contributed by atoms with Crippen LogP contribution in [0.4, 0.5) is 0 Å². The summed E-state index contributed by atoms with van der Waals surface area (Å²) in [6, 6.07) is 0. The number of nitrogens with one attached hydrogen (secondary N) is 2. The van der Waals surface area contributed by atoms with E-state index in [2.05, 4.69) is 10.6 Å². The van der Waals surface area contributed by atoms with Crippen molar-refractivity contribution in [3.05, 3.63) is 0 Å². The molecule has 2 fully saturated rings. The summed E-state index contributed by atoms with van der Waals surface area (Å²) in [5.41, 5.74) is 0. The summed E-state index contributed by atoms with van der Waals surface area (Å²) in [4.78, 5) is 11.7. The molecule has 0 bridgehead atoms. The third-order valence-electron chi connectivity index (χ3n) is 4.78. The normalized spacial score (nSPS) is 23.9. The molecule has 0 radical (unpaired) electrons. The molecule has 0 spiro atoms. The molecule has 3 nitrogen and oxygen atoms in total. The highest BCUT2D eigenvalue weighted by molar-refractivity contribution is 5.75. The van der Waals surface area contributed by atoms with Gasteiger partial charge in [-0.15, -0.1) is 0 Å². The molecule has 1 heterocycles. The first kappa shape index (κ1) is 14.8. The van der Waals surface area contributed by atoms with Crippen molar-refractivity contribution in [2.75, 3.05) is 19.6 Å². The Bertz CT molecular complexity index is 255. The Morgan fingerprint density at radius 2 is 1.89 bits per heavy atom. The Hall–Kier alpha value is -0.570. The van der Waals surface area contributed by atoms with Crippen molar-refractivity contribution in [3.63, 3.8) is 0 Å². The lowest BCUT2D eigenvalue weighted by Crippen LogP contribution is -2.25. The Labute approximate surface area is 117 Å². The molecule has 1 aliphatic heterocycles. The van der Waals surface area contributed by atoms with E-state index in [4.69, 9.17) is 0 Å². The SMILES string of the molecule is O=C(CCC1CCNC1)NCCCCC1CCCC1. The van der Waals surface area contributed by atoms with E-state index in [1.54, 1.807) is 0 Å². The number of rotatable bonds is 8. The molecule has 1 aliphatic carbocycles. The maximum absolute atomic E-state index is 11.7. The average Bonchev–Trinajstić information content (AvgIpc) is 3.09. The van der Waals surface area contributed by atoms with Gasteiger partial charge in [0, 0.05) is 13.0 Å². The van der Waals surface area contributed by atoms with E-state index in [-0.39, 0.29) is 5.91 Å². The van der Waals surface area contributed by atoms with Gasteiger partial charge in [0.1, 0.15) is 0 Å². The van der Waals surface area contributed by atoms with Crippen molar-refractivity contribution in [2.24, 2.45) is 11.8 Å². The topological polar surface area (TPSA) is 41.1 Å². The van der Waals surface area contributed by atoms with Crippen LogP contribution in [0, 0.1) is 11.8 Å². The first-order chi connectivity index (χ1) is 9.34. The standard InChI is InChI=1S/C16H30N2O/c19-16(9-8-15-10-12-17-13-15)18-11-4-3-7-14-5-1-2-6-14/h14-15,17H,1-13H2,(H,18,19). The minimum Gasteiger partial charge on any atom is -0.356 e. The lowest BCUT2D eigenvalue weighted by atomic mass is 10.0. The molecule has 0 aromatic heterocycles. The van der Waals surface area contributed by atoms with Crippen molar-refractivity contribution in [1.29, 1.82) is 0 Å². The maximum Gasteiger partial charge on any atom is 0.220 e. The summed E-state index contributed by atoms with van der Waals surface area (Å²) in [6.45, 7) is 3.12. The van der Waals surface area contributed by atoms with E-state index in [1.807, 2.05) is 0 Å². The van der Waals surface area contributed by atoms with Crippen LogP contribution in [-0.4, -0.2) is 25.5 Å². The van der Waals surface area contributed by atoms with Gasteiger partial charge in [0.05, 0.1) is 0 Å². The van der Waals surface area contributed by atoms with Crippen LogP contribution in [-0.2, 0) is 4.79 Å². The van der Waals surface area contributed by atoms with Crippen molar-refractivity contribution in [3.8, 4) is 0 Å². The van der Waals surface area contributed by atoms with Gasteiger partial charge < -0.3 is 10.6 Å². The van der Waals surface area contributed by atoms with Gasteiger partial charge in [0.2, 0.25) is 5.91 Å². The molecule has 1 saturated heterocycles. The molecule has 1 saturated carbocycles. The highest BCUT2D eigenvalue weighted by atomic mass is 16.1. The van der Waals surface area contributed by atoms with E-state index < -0.39 is 0 Å². The predicted octanol–water partition coefficient (Wildman–Crippen LogP) is 2.85.